The van der Waals surface area contributed by atoms with Gasteiger partial charge in [-0.3, -0.25) is 4.79 Å². The van der Waals surface area contributed by atoms with Crippen molar-refractivity contribution in [3.8, 4) is 17.1 Å². The number of nitrogens with zero attached hydrogens (tertiary/aromatic N) is 4. The number of halogens is 2. The first-order valence-corrected chi connectivity index (χ1v) is 8.74. The lowest BCUT2D eigenvalue weighted by molar-refractivity contribution is -0.118. The minimum absolute atomic E-state index is 0.0583. The fourth-order valence-electron chi connectivity index (χ4n) is 2.56. The number of nitrogens with one attached hydrogen (secondary N) is 1. The number of anilines is 1. The van der Waals surface area contributed by atoms with E-state index in [2.05, 4.69) is 20.8 Å². The Morgan fingerprint density at radius 1 is 1.26 bits per heavy atom. The number of hydrogen-bond donors (Lipinski definition) is 1. The topological polar surface area (TPSA) is 81.9 Å². The first-order valence-electron chi connectivity index (χ1n) is 8.36. The minimum Gasteiger partial charge on any atom is -0.484 e. The summed E-state index contributed by atoms with van der Waals surface area (Å²) in [7, 11) is 0. The SMILES string of the molecule is O=C(COc1ccc(F)c(Cl)c1)Nc1ccc(-c2nnnn2C2CC2)cc1. The van der Waals surface area contributed by atoms with Gasteiger partial charge in [-0.15, -0.1) is 5.10 Å². The molecule has 1 aliphatic rings. The second kappa shape index (κ2) is 7.32. The molecule has 7 nitrogen and oxygen atoms in total. The van der Waals surface area contributed by atoms with Gasteiger partial charge in [0.2, 0.25) is 0 Å². The predicted molar refractivity (Wildman–Crippen MR) is 97.1 cm³/mol. The van der Waals surface area contributed by atoms with Gasteiger partial charge in [-0.1, -0.05) is 11.6 Å². The number of ether oxygens (including phenoxy) is 1. The summed E-state index contributed by atoms with van der Waals surface area (Å²) in [6, 6.07) is 11.5. The van der Waals surface area contributed by atoms with E-state index in [1.807, 2.05) is 16.8 Å². The second-order valence-electron chi connectivity index (χ2n) is 6.17. The van der Waals surface area contributed by atoms with Crippen LogP contribution in [0.3, 0.4) is 0 Å². The molecule has 1 N–H and O–H groups in total. The van der Waals surface area contributed by atoms with E-state index in [0.29, 0.717) is 23.3 Å². The summed E-state index contributed by atoms with van der Waals surface area (Å²) in [6.07, 6.45) is 2.18. The maximum absolute atomic E-state index is 13.1. The number of amides is 1. The van der Waals surface area contributed by atoms with Crippen LogP contribution in [0.5, 0.6) is 5.75 Å². The molecule has 3 aromatic rings. The van der Waals surface area contributed by atoms with Crippen LogP contribution in [-0.4, -0.2) is 32.7 Å². The molecule has 0 radical (unpaired) electrons. The highest BCUT2D eigenvalue weighted by Crippen LogP contribution is 2.36. The lowest BCUT2D eigenvalue weighted by Crippen LogP contribution is -2.20. The standard InChI is InChI=1S/C18H15ClFN5O2/c19-15-9-14(7-8-16(15)20)27-10-17(26)21-12-3-1-11(2-4-12)18-22-23-24-25(18)13-5-6-13/h1-4,7-9,13H,5-6,10H2,(H,21,26). The summed E-state index contributed by atoms with van der Waals surface area (Å²) in [5.74, 6) is 0.151. The van der Waals surface area contributed by atoms with Crippen molar-refractivity contribution in [3.63, 3.8) is 0 Å². The quantitative estimate of drug-likeness (QED) is 0.700. The van der Waals surface area contributed by atoms with Gasteiger partial charge in [0.05, 0.1) is 11.1 Å². The highest BCUT2D eigenvalue weighted by atomic mass is 35.5. The Morgan fingerprint density at radius 2 is 2.04 bits per heavy atom. The monoisotopic (exact) mass is 387 g/mol. The van der Waals surface area contributed by atoms with Crippen LogP contribution in [0.25, 0.3) is 11.4 Å². The number of carbonyl (C=O) groups is 1. The highest BCUT2D eigenvalue weighted by Gasteiger charge is 2.28. The predicted octanol–water partition coefficient (Wildman–Crippen LogP) is 3.49. The molecule has 1 saturated carbocycles. The van der Waals surface area contributed by atoms with Gasteiger partial charge in [-0.2, -0.15) is 0 Å². The smallest absolute Gasteiger partial charge is 0.262 e. The Hall–Kier alpha value is -3.00. The van der Waals surface area contributed by atoms with Crippen LogP contribution < -0.4 is 10.1 Å². The molecular weight excluding hydrogens is 373 g/mol. The fraction of sp³-hybridized carbons (Fsp3) is 0.222. The molecule has 0 unspecified atom stereocenters. The molecule has 0 spiro atoms. The highest BCUT2D eigenvalue weighted by molar-refractivity contribution is 6.30. The van der Waals surface area contributed by atoms with Crippen molar-refractivity contribution in [3.05, 3.63) is 53.3 Å². The van der Waals surface area contributed by atoms with Crippen LogP contribution in [-0.2, 0) is 4.79 Å². The van der Waals surface area contributed by atoms with Crippen molar-refractivity contribution < 1.29 is 13.9 Å². The van der Waals surface area contributed by atoms with Crippen LogP contribution in [0.1, 0.15) is 18.9 Å². The largest absolute Gasteiger partial charge is 0.484 e. The Balaban J connectivity index is 1.35. The number of carbonyl (C=O) groups excluding carboxylic acids is 1. The summed E-state index contributed by atoms with van der Waals surface area (Å²) in [5, 5.41) is 14.5. The van der Waals surface area contributed by atoms with E-state index in [4.69, 9.17) is 16.3 Å². The molecular formula is C18H15ClFN5O2. The maximum atomic E-state index is 13.1. The molecule has 0 saturated heterocycles. The van der Waals surface area contributed by atoms with Crippen LogP contribution in [0, 0.1) is 5.82 Å². The Kier molecular flexibility index (Phi) is 4.72. The Labute approximate surface area is 159 Å². The van der Waals surface area contributed by atoms with Crippen LogP contribution in [0.15, 0.2) is 42.5 Å². The van der Waals surface area contributed by atoms with E-state index in [9.17, 15) is 9.18 Å². The summed E-state index contributed by atoms with van der Waals surface area (Å²) < 4.78 is 20.3. The van der Waals surface area contributed by atoms with E-state index in [1.54, 1.807) is 12.1 Å². The van der Waals surface area contributed by atoms with Crippen molar-refractivity contribution in [1.29, 1.82) is 0 Å². The molecule has 9 heteroatoms. The molecule has 1 aliphatic carbocycles. The van der Waals surface area contributed by atoms with E-state index in [-0.39, 0.29) is 17.5 Å². The maximum Gasteiger partial charge on any atom is 0.262 e. The third-order valence-corrected chi connectivity index (χ3v) is 4.36. The van der Waals surface area contributed by atoms with Crippen molar-refractivity contribution >= 4 is 23.2 Å². The molecule has 138 valence electrons. The molecule has 0 atom stereocenters. The van der Waals surface area contributed by atoms with Crippen molar-refractivity contribution in [2.75, 3.05) is 11.9 Å². The molecule has 4 rings (SSSR count). The number of rotatable bonds is 6. The Bertz CT molecular complexity index is 972. The number of aromatic nitrogens is 4. The van der Waals surface area contributed by atoms with Crippen LogP contribution in [0.2, 0.25) is 5.02 Å². The zero-order valence-electron chi connectivity index (χ0n) is 14.1. The lowest BCUT2D eigenvalue weighted by atomic mass is 10.2. The average molecular weight is 388 g/mol. The fourth-order valence-corrected chi connectivity index (χ4v) is 2.73. The van der Waals surface area contributed by atoms with Gasteiger partial charge in [0, 0.05) is 17.3 Å². The van der Waals surface area contributed by atoms with E-state index >= 15 is 0 Å². The van der Waals surface area contributed by atoms with Crippen molar-refractivity contribution in [2.45, 2.75) is 18.9 Å². The number of tetrazole rings is 1. The molecule has 0 aliphatic heterocycles. The molecule has 1 amide bonds. The van der Waals surface area contributed by atoms with Gasteiger partial charge in [0.15, 0.2) is 12.4 Å². The zero-order chi connectivity index (χ0) is 18.8. The van der Waals surface area contributed by atoms with Crippen LogP contribution >= 0.6 is 11.6 Å². The van der Waals surface area contributed by atoms with E-state index in [1.165, 1.54) is 18.2 Å². The first kappa shape index (κ1) is 17.4. The average Bonchev–Trinajstić information content (AvgIpc) is 3.40. The van der Waals surface area contributed by atoms with Gasteiger partial charge < -0.3 is 10.1 Å². The molecule has 1 heterocycles. The normalized spacial score (nSPS) is 13.4. The van der Waals surface area contributed by atoms with Crippen molar-refractivity contribution in [2.24, 2.45) is 0 Å². The third-order valence-electron chi connectivity index (χ3n) is 4.07. The zero-order valence-corrected chi connectivity index (χ0v) is 14.9. The minimum atomic E-state index is -0.540. The summed E-state index contributed by atoms with van der Waals surface area (Å²) in [6.45, 7) is -0.219. The summed E-state index contributed by atoms with van der Waals surface area (Å²) in [4.78, 5) is 12.0. The Morgan fingerprint density at radius 3 is 2.74 bits per heavy atom. The van der Waals surface area contributed by atoms with Gasteiger partial charge in [0.25, 0.3) is 5.91 Å². The number of benzene rings is 2. The summed E-state index contributed by atoms with van der Waals surface area (Å²) >= 11 is 5.68. The molecule has 2 aromatic carbocycles. The van der Waals surface area contributed by atoms with Gasteiger partial charge in [0.1, 0.15) is 11.6 Å². The van der Waals surface area contributed by atoms with E-state index in [0.717, 1.165) is 18.4 Å². The van der Waals surface area contributed by atoms with Gasteiger partial charge in [-0.05, 0) is 59.7 Å². The van der Waals surface area contributed by atoms with Gasteiger partial charge in [-0.25, -0.2) is 9.07 Å². The van der Waals surface area contributed by atoms with Crippen LogP contribution in [0.4, 0.5) is 10.1 Å². The lowest BCUT2D eigenvalue weighted by Gasteiger charge is -2.09. The first-order chi connectivity index (χ1) is 13.1. The van der Waals surface area contributed by atoms with Crippen molar-refractivity contribution in [1.82, 2.24) is 20.2 Å². The van der Waals surface area contributed by atoms with E-state index < -0.39 is 5.82 Å². The third kappa shape index (κ3) is 4.06. The molecule has 1 aromatic heterocycles. The van der Waals surface area contributed by atoms with Gasteiger partial charge >= 0.3 is 0 Å². The number of hydrogen-bond acceptors (Lipinski definition) is 5. The second-order valence-corrected chi connectivity index (χ2v) is 6.58. The summed E-state index contributed by atoms with van der Waals surface area (Å²) in [5.41, 5.74) is 1.50. The molecule has 1 fully saturated rings. The molecule has 27 heavy (non-hydrogen) atoms. The molecule has 0 bridgehead atoms.